The highest BCUT2D eigenvalue weighted by Gasteiger charge is 2.21. The molecule has 33 heavy (non-hydrogen) atoms. The SMILES string of the molecule is Cc1ccc(Cl)cc1S(=O)(=O)NNC(=O)c1nn(Cc2ccccc2)c(=O)c2ccccc12. The molecule has 0 radical (unpaired) electrons. The van der Waals surface area contributed by atoms with Crippen LogP contribution >= 0.6 is 11.6 Å². The minimum Gasteiger partial charge on any atom is -0.272 e. The molecule has 1 heterocycles. The molecule has 1 aromatic heterocycles. The molecule has 8 nitrogen and oxygen atoms in total. The van der Waals surface area contributed by atoms with Crippen molar-refractivity contribution in [2.45, 2.75) is 18.4 Å². The Kier molecular flexibility index (Phi) is 6.28. The van der Waals surface area contributed by atoms with Crippen molar-refractivity contribution in [2.24, 2.45) is 0 Å². The summed E-state index contributed by atoms with van der Waals surface area (Å²) < 4.78 is 26.6. The Balaban J connectivity index is 1.68. The number of nitrogens with one attached hydrogen (secondary N) is 2. The molecule has 0 saturated carbocycles. The van der Waals surface area contributed by atoms with Gasteiger partial charge in [-0.3, -0.25) is 15.0 Å². The molecular formula is C23H19ClN4O4S. The van der Waals surface area contributed by atoms with Gasteiger partial charge in [0.2, 0.25) is 0 Å². The predicted molar refractivity (Wildman–Crippen MR) is 126 cm³/mol. The van der Waals surface area contributed by atoms with Gasteiger partial charge >= 0.3 is 0 Å². The highest BCUT2D eigenvalue weighted by atomic mass is 35.5. The lowest BCUT2D eigenvalue weighted by Gasteiger charge is -2.13. The molecule has 0 unspecified atom stereocenters. The summed E-state index contributed by atoms with van der Waals surface area (Å²) in [6.07, 6.45) is 0. The number of rotatable bonds is 6. The number of halogens is 1. The van der Waals surface area contributed by atoms with E-state index in [9.17, 15) is 18.0 Å². The number of aromatic nitrogens is 2. The molecule has 0 spiro atoms. The number of amides is 1. The zero-order valence-corrected chi connectivity index (χ0v) is 19.0. The zero-order valence-electron chi connectivity index (χ0n) is 17.4. The number of benzene rings is 3. The third kappa shape index (κ3) is 4.80. The summed E-state index contributed by atoms with van der Waals surface area (Å²) in [7, 11) is -4.10. The monoisotopic (exact) mass is 482 g/mol. The maximum Gasteiger partial charge on any atom is 0.287 e. The molecule has 0 aliphatic rings. The first-order chi connectivity index (χ1) is 15.8. The van der Waals surface area contributed by atoms with Gasteiger partial charge in [-0.1, -0.05) is 66.2 Å². The molecule has 0 aliphatic carbocycles. The van der Waals surface area contributed by atoms with Gasteiger partial charge in [0, 0.05) is 10.4 Å². The van der Waals surface area contributed by atoms with E-state index in [-0.39, 0.29) is 27.7 Å². The molecular weight excluding hydrogens is 464 g/mol. The average Bonchev–Trinajstić information content (AvgIpc) is 2.81. The first-order valence-corrected chi connectivity index (χ1v) is 11.7. The van der Waals surface area contributed by atoms with Gasteiger partial charge in [-0.15, -0.1) is 4.83 Å². The number of hydrogen-bond donors (Lipinski definition) is 2. The van der Waals surface area contributed by atoms with E-state index in [0.29, 0.717) is 16.3 Å². The lowest BCUT2D eigenvalue weighted by atomic mass is 10.1. The van der Waals surface area contributed by atoms with Gasteiger partial charge < -0.3 is 0 Å². The first-order valence-electron chi connectivity index (χ1n) is 9.88. The van der Waals surface area contributed by atoms with Crippen LogP contribution in [0.25, 0.3) is 10.8 Å². The molecule has 0 saturated heterocycles. The van der Waals surface area contributed by atoms with E-state index < -0.39 is 15.9 Å². The van der Waals surface area contributed by atoms with Crippen LogP contribution in [0.3, 0.4) is 0 Å². The topological polar surface area (TPSA) is 110 Å². The maximum atomic E-state index is 13.0. The summed E-state index contributed by atoms with van der Waals surface area (Å²) in [6.45, 7) is 1.76. The number of fused-ring (bicyclic) bond motifs is 1. The summed E-state index contributed by atoms with van der Waals surface area (Å²) in [5, 5.41) is 5.08. The largest absolute Gasteiger partial charge is 0.287 e. The second kappa shape index (κ2) is 9.14. The lowest BCUT2D eigenvalue weighted by Crippen LogP contribution is -2.43. The Morgan fingerprint density at radius 2 is 1.67 bits per heavy atom. The minimum atomic E-state index is -4.10. The summed E-state index contributed by atoms with van der Waals surface area (Å²) in [6, 6.07) is 20.2. The number of sulfonamides is 1. The van der Waals surface area contributed by atoms with E-state index in [1.165, 1.54) is 10.7 Å². The van der Waals surface area contributed by atoms with Gasteiger partial charge in [0.05, 0.1) is 16.8 Å². The normalized spacial score (nSPS) is 11.5. The molecule has 1 amide bonds. The van der Waals surface area contributed by atoms with Gasteiger partial charge in [-0.05, 0) is 36.2 Å². The third-order valence-corrected chi connectivity index (χ3v) is 6.62. The lowest BCUT2D eigenvalue weighted by molar-refractivity contribution is 0.0939. The molecule has 0 bridgehead atoms. The second-order valence-corrected chi connectivity index (χ2v) is 9.40. The summed E-state index contributed by atoms with van der Waals surface area (Å²) in [5.74, 6) is -0.809. The minimum absolute atomic E-state index is 0.0674. The molecule has 168 valence electrons. The van der Waals surface area contributed by atoms with Gasteiger partial charge in [-0.2, -0.15) is 5.10 Å². The molecule has 4 rings (SSSR count). The van der Waals surface area contributed by atoms with Crippen LogP contribution in [0.4, 0.5) is 0 Å². The van der Waals surface area contributed by atoms with E-state index in [2.05, 4.69) is 15.4 Å². The Morgan fingerprint density at radius 1 is 1.00 bits per heavy atom. The van der Waals surface area contributed by atoms with E-state index in [1.54, 1.807) is 43.3 Å². The van der Waals surface area contributed by atoms with Crippen LogP contribution in [0, 0.1) is 6.92 Å². The van der Waals surface area contributed by atoms with Gasteiger partial charge in [0.1, 0.15) is 0 Å². The number of hydrogen-bond acceptors (Lipinski definition) is 5. The molecule has 0 atom stereocenters. The van der Waals surface area contributed by atoms with Crippen LogP contribution in [0.5, 0.6) is 0 Å². The summed E-state index contributed by atoms with van der Waals surface area (Å²) in [4.78, 5) is 27.9. The van der Waals surface area contributed by atoms with Crippen molar-refractivity contribution in [1.29, 1.82) is 0 Å². The van der Waals surface area contributed by atoms with Crippen LogP contribution in [0.2, 0.25) is 5.02 Å². The van der Waals surface area contributed by atoms with Crippen LogP contribution < -0.4 is 15.8 Å². The highest BCUT2D eigenvalue weighted by molar-refractivity contribution is 7.89. The van der Waals surface area contributed by atoms with Gasteiger partial charge in [0.15, 0.2) is 5.69 Å². The average molecular weight is 483 g/mol. The van der Waals surface area contributed by atoms with Crippen LogP contribution in [0.15, 0.2) is 82.5 Å². The van der Waals surface area contributed by atoms with Crippen LogP contribution in [-0.2, 0) is 16.6 Å². The number of aryl methyl sites for hydroxylation is 1. The quantitative estimate of drug-likeness (QED) is 0.410. The van der Waals surface area contributed by atoms with E-state index in [1.807, 2.05) is 30.3 Å². The van der Waals surface area contributed by atoms with E-state index in [0.717, 1.165) is 5.56 Å². The third-order valence-electron chi connectivity index (χ3n) is 5.00. The fourth-order valence-corrected chi connectivity index (χ4v) is 4.71. The number of carbonyl (C=O) groups is 1. The standard InChI is InChI=1S/C23H19ClN4O4S/c1-15-11-12-17(24)13-20(15)33(31,32)27-25-22(29)21-18-9-5-6-10-19(18)23(30)28(26-21)14-16-7-3-2-4-8-16/h2-13,27H,14H2,1H3,(H,25,29). The smallest absolute Gasteiger partial charge is 0.272 e. The zero-order chi connectivity index (χ0) is 23.6. The molecule has 10 heteroatoms. The Bertz CT molecular complexity index is 1520. The predicted octanol–water partition coefficient (Wildman–Crippen LogP) is 3.03. The van der Waals surface area contributed by atoms with Crippen LogP contribution in [0.1, 0.15) is 21.6 Å². The fraction of sp³-hybridized carbons (Fsp3) is 0.0870. The maximum absolute atomic E-state index is 13.0. The fourth-order valence-electron chi connectivity index (χ4n) is 3.36. The van der Waals surface area contributed by atoms with E-state index in [4.69, 9.17) is 11.6 Å². The van der Waals surface area contributed by atoms with Crippen molar-refractivity contribution in [3.05, 3.63) is 105 Å². The van der Waals surface area contributed by atoms with Crippen molar-refractivity contribution in [1.82, 2.24) is 20.0 Å². The molecule has 3 aromatic carbocycles. The van der Waals surface area contributed by atoms with Gasteiger partial charge in [0.25, 0.3) is 21.5 Å². The van der Waals surface area contributed by atoms with Crippen molar-refractivity contribution in [3.63, 3.8) is 0 Å². The first kappa shape index (κ1) is 22.7. The molecule has 4 aromatic rings. The highest BCUT2D eigenvalue weighted by Crippen LogP contribution is 2.20. The van der Waals surface area contributed by atoms with Crippen molar-refractivity contribution in [2.75, 3.05) is 0 Å². The molecule has 0 aliphatic heterocycles. The number of carbonyl (C=O) groups excluding carboxylic acids is 1. The van der Waals surface area contributed by atoms with Crippen molar-refractivity contribution >= 4 is 38.3 Å². The molecule has 2 N–H and O–H groups in total. The Morgan fingerprint density at radius 3 is 2.39 bits per heavy atom. The second-order valence-electron chi connectivity index (χ2n) is 7.31. The van der Waals surface area contributed by atoms with Gasteiger partial charge in [-0.25, -0.2) is 13.1 Å². The van der Waals surface area contributed by atoms with E-state index >= 15 is 0 Å². The Hall–Kier alpha value is -3.53. The summed E-state index contributed by atoms with van der Waals surface area (Å²) >= 11 is 5.92. The van der Waals surface area contributed by atoms with Crippen LogP contribution in [-0.4, -0.2) is 24.1 Å². The molecule has 0 fully saturated rings. The number of hydrazine groups is 1. The number of nitrogens with zero attached hydrogens (tertiary/aromatic N) is 2. The summed E-state index contributed by atoms with van der Waals surface area (Å²) in [5.41, 5.74) is 3.02. The Labute approximate surface area is 194 Å². The van der Waals surface area contributed by atoms with Crippen molar-refractivity contribution < 1.29 is 13.2 Å². The van der Waals surface area contributed by atoms with Crippen molar-refractivity contribution in [3.8, 4) is 0 Å².